The van der Waals surface area contributed by atoms with E-state index in [4.69, 9.17) is 5.11 Å². The SMILES string of the molecule is C=CC(=O)NCCCCCCCCCCC(=O)O.[H-].[Na+]. The molecule has 0 bridgehead atoms. The molecule has 0 radical (unpaired) electrons. The van der Waals surface area contributed by atoms with E-state index in [2.05, 4.69) is 11.9 Å². The molecule has 0 aromatic rings. The molecule has 0 aromatic heterocycles. The number of carboxylic acid groups (broad SMARTS) is 1. The molecule has 19 heavy (non-hydrogen) atoms. The number of amides is 1. The molecule has 1 amide bonds. The van der Waals surface area contributed by atoms with E-state index in [1.54, 1.807) is 0 Å². The van der Waals surface area contributed by atoms with Crippen LogP contribution in [0.25, 0.3) is 0 Å². The van der Waals surface area contributed by atoms with Gasteiger partial charge in [0, 0.05) is 13.0 Å². The van der Waals surface area contributed by atoms with Crippen LogP contribution in [0.15, 0.2) is 12.7 Å². The monoisotopic (exact) mass is 279 g/mol. The number of carboxylic acids is 1. The normalized spacial score (nSPS) is 9.47. The number of unbranched alkanes of at least 4 members (excludes halogenated alkanes) is 7. The summed E-state index contributed by atoms with van der Waals surface area (Å²) >= 11 is 0. The quantitative estimate of drug-likeness (QED) is 0.300. The Morgan fingerprint density at radius 3 is 1.95 bits per heavy atom. The van der Waals surface area contributed by atoms with Crippen molar-refractivity contribution in [3.8, 4) is 0 Å². The Balaban J connectivity index is -0.00000144. The van der Waals surface area contributed by atoms with Gasteiger partial charge in [-0.2, -0.15) is 0 Å². The van der Waals surface area contributed by atoms with Gasteiger partial charge in [0.25, 0.3) is 0 Å². The molecule has 0 saturated carbocycles. The molecule has 4 nitrogen and oxygen atoms in total. The predicted molar refractivity (Wildman–Crippen MR) is 73.5 cm³/mol. The van der Waals surface area contributed by atoms with Crippen molar-refractivity contribution in [2.24, 2.45) is 0 Å². The van der Waals surface area contributed by atoms with Gasteiger partial charge < -0.3 is 11.8 Å². The molecule has 0 saturated heterocycles. The minimum absolute atomic E-state index is 0. The number of carbonyl (C=O) groups is 2. The summed E-state index contributed by atoms with van der Waals surface area (Å²) in [6.45, 7) is 4.11. The summed E-state index contributed by atoms with van der Waals surface area (Å²) in [6, 6.07) is 0. The summed E-state index contributed by atoms with van der Waals surface area (Å²) in [7, 11) is 0. The Hall–Kier alpha value is -0.320. The van der Waals surface area contributed by atoms with Crippen LogP contribution in [0.2, 0.25) is 0 Å². The maximum Gasteiger partial charge on any atom is 1.00 e. The molecule has 2 N–H and O–H groups in total. The molecule has 0 aliphatic heterocycles. The Bertz CT molecular complexity index is 263. The molecule has 0 fully saturated rings. The maximum atomic E-state index is 10.8. The van der Waals surface area contributed by atoms with E-state index in [1.165, 1.54) is 25.3 Å². The van der Waals surface area contributed by atoms with Gasteiger partial charge in [0.2, 0.25) is 5.91 Å². The van der Waals surface area contributed by atoms with Gasteiger partial charge in [0.1, 0.15) is 0 Å². The molecule has 0 spiro atoms. The van der Waals surface area contributed by atoms with Crippen LogP contribution in [0.4, 0.5) is 0 Å². The van der Waals surface area contributed by atoms with Gasteiger partial charge in [-0.05, 0) is 18.9 Å². The fourth-order valence-corrected chi connectivity index (χ4v) is 1.75. The van der Waals surface area contributed by atoms with E-state index in [0.29, 0.717) is 6.42 Å². The van der Waals surface area contributed by atoms with Gasteiger partial charge in [-0.1, -0.05) is 45.1 Å². The Morgan fingerprint density at radius 2 is 1.47 bits per heavy atom. The van der Waals surface area contributed by atoms with Crippen molar-refractivity contribution in [2.75, 3.05) is 6.54 Å². The van der Waals surface area contributed by atoms with E-state index in [0.717, 1.165) is 38.6 Å². The second-order valence-electron chi connectivity index (χ2n) is 4.47. The minimum atomic E-state index is -0.698. The van der Waals surface area contributed by atoms with Crippen molar-refractivity contribution in [3.63, 3.8) is 0 Å². The van der Waals surface area contributed by atoms with Crippen LogP contribution in [-0.2, 0) is 9.59 Å². The average molecular weight is 279 g/mol. The molecule has 0 rings (SSSR count). The molecule has 0 aliphatic rings. The summed E-state index contributed by atoms with van der Waals surface area (Å²) in [5, 5.41) is 11.2. The molecule has 106 valence electrons. The number of nitrogens with one attached hydrogen (secondary N) is 1. The number of aliphatic carboxylic acids is 1. The fourth-order valence-electron chi connectivity index (χ4n) is 1.75. The van der Waals surface area contributed by atoms with Crippen molar-refractivity contribution in [2.45, 2.75) is 57.8 Å². The van der Waals surface area contributed by atoms with Crippen molar-refractivity contribution in [3.05, 3.63) is 12.7 Å². The third kappa shape index (κ3) is 17.7. The standard InChI is InChI=1S/C14H25NO3.Na.H/c1-2-13(16)15-12-10-8-6-4-3-5-7-9-11-14(17)18;;/h2H,1,3-12H2,(H,15,16)(H,17,18);;/q;+1;-1. The Morgan fingerprint density at radius 1 is 1.00 bits per heavy atom. The van der Waals surface area contributed by atoms with E-state index in [-0.39, 0.29) is 36.9 Å². The van der Waals surface area contributed by atoms with Crippen LogP contribution >= 0.6 is 0 Å². The largest absolute Gasteiger partial charge is 1.00 e. The molecule has 5 heteroatoms. The van der Waals surface area contributed by atoms with E-state index in [1.807, 2.05) is 0 Å². The summed E-state index contributed by atoms with van der Waals surface area (Å²) in [4.78, 5) is 21.1. The first-order valence-corrected chi connectivity index (χ1v) is 6.79. The summed E-state index contributed by atoms with van der Waals surface area (Å²) < 4.78 is 0. The van der Waals surface area contributed by atoms with Gasteiger partial charge >= 0.3 is 35.5 Å². The van der Waals surface area contributed by atoms with Crippen molar-refractivity contribution in [1.82, 2.24) is 5.32 Å². The van der Waals surface area contributed by atoms with Crippen LogP contribution in [0.5, 0.6) is 0 Å². The van der Waals surface area contributed by atoms with Crippen LogP contribution < -0.4 is 34.9 Å². The van der Waals surface area contributed by atoms with Crippen LogP contribution in [0.3, 0.4) is 0 Å². The fraction of sp³-hybridized carbons (Fsp3) is 0.714. The van der Waals surface area contributed by atoms with Crippen LogP contribution in [0.1, 0.15) is 59.2 Å². The van der Waals surface area contributed by atoms with Gasteiger partial charge in [-0.25, -0.2) is 0 Å². The van der Waals surface area contributed by atoms with E-state index in [9.17, 15) is 9.59 Å². The topological polar surface area (TPSA) is 66.4 Å². The van der Waals surface area contributed by atoms with Gasteiger partial charge in [-0.3, -0.25) is 9.59 Å². The molecule has 0 heterocycles. The number of rotatable bonds is 12. The second kappa shape index (κ2) is 15.7. The smallest absolute Gasteiger partial charge is 1.00 e. The zero-order valence-corrected chi connectivity index (χ0v) is 14.1. The molecule has 0 aromatic carbocycles. The second-order valence-corrected chi connectivity index (χ2v) is 4.47. The van der Waals surface area contributed by atoms with E-state index >= 15 is 0 Å². The predicted octanol–water partition coefficient (Wildman–Crippen LogP) is 0.000600. The number of carbonyl (C=O) groups excluding carboxylic acids is 1. The van der Waals surface area contributed by atoms with Crippen molar-refractivity contribution < 1.29 is 45.7 Å². The summed E-state index contributed by atoms with van der Waals surface area (Å²) in [5.41, 5.74) is 0. The van der Waals surface area contributed by atoms with Gasteiger partial charge in [0.15, 0.2) is 0 Å². The summed E-state index contributed by atoms with van der Waals surface area (Å²) in [6.07, 6.45) is 10.2. The number of hydrogen-bond donors (Lipinski definition) is 2. The molecule has 0 atom stereocenters. The third-order valence-electron chi connectivity index (χ3n) is 2.80. The van der Waals surface area contributed by atoms with Crippen LogP contribution in [-0.4, -0.2) is 23.5 Å². The first kappa shape index (κ1) is 21.0. The third-order valence-corrected chi connectivity index (χ3v) is 2.80. The molecular formula is C14H26NNaO3. The summed E-state index contributed by atoms with van der Waals surface area (Å²) in [5.74, 6) is -0.801. The van der Waals surface area contributed by atoms with Gasteiger partial charge in [0.05, 0.1) is 0 Å². The molecule has 0 unspecified atom stereocenters. The van der Waals surface area contributed by atoms with Crippen LogP contribution in [0, 0.1) is 0 Å². The molecule has 0 aliphatic carbocycles. The average Bonchev–Trinajstić information content (AvgIpc) is 2.35. The Kier molecular flexibility index (Phi) is 17.4. The zero-order chi connectivity index (χ0) is 13.6. The molecular weight excluding hydrogens is 253 g/mol. The van der Waals surface area contributed by atoms with Crippen molar-refractivity contribution in [1.29, 1.82) is 0 Å². The first-order chi connectivity index (χ1) is 8.66. The first-order valence-electron chi connectivity index (χ1n) is 6.79. The maximum absolute atomic E-state index is 10.8. The van der Waals surface area contributed by atoms with Gasteiger partial charge in [-0.15, -0.1) is 0 Å². The Labute approximate surface area is 139 Å². The zero-order valence-electron chi connectivity index (χ0n) is 13.1. The minimum Gasteiger partial charge on any atom is -1.00 e. The van der Waals surface area contributed by atoms with E-state index < -0.39 is 5.97 Å². The van der Waals surface area contributed by atoms with Crippen molar-refractivity contribution >= 4 is 11.9 Å². The number of hydrogen-bond acceptors (Lipinski definition) is 2.